The molecule has 0 bridgehead atoms. The van der Waals surface area contributed by atoms with E-state index in [1.54, 1.807) is 7.11 Å². The molecule has 0 aromatic heterocycles. The lowest BCUT2D eigenvalue weighted by molar-refractivity contribution is 0.405. The number of methoxy groups -OCH3 is 1. The van der Waals surface area contributed by atoms with Gasteiger partial charge in [0.15, 0.2) is 0 Å². The average molecular weight is 245 g/mol. The molecule has 1 aromatic rings. The number of benzene rings is 1. The van der Waals surface area contributed by atoms with Gasteiger partial charge in [-0.15, -0.1) is 0 Å². The monoisotopic (exact) mass is 244 g/mol. The van der Waals surface area contributed by atoms with Gasteiger partial charge in [0.05, 0.1) is 7.11 Å². The van der Waals surface area contributed by atoms with E-state index in [4.69, 9.17) is 16.2 Å². The van der Waals surface area contributed by atoms with Gasteiger partial charge in [0.25, 0.3) is 0 Å². The molecule has 0 saturated carbocycles. The average Bonchev–Trinajstić information content (AvgIpc) is 2.16. The molecule has 4 N–H and O–H groups in total. The Hall–Kier alpha value is -0.580. The van der Waals surface area contributed by atoms with Gasteiger partial charge in [-0.3, -0.25) is 0 Å². The molecular weight excluding hydrogens is 232 g/mol. The minimum Gasteiger partial charge on any atom is -0.496 e. The highest BCUT2D eigenvalue weighted by molar-refractivity contribution is 9.10. The van der Waals surface area contributed by atoms with Crippen LogP contribution < -0.4 is 16.2 Å². The fraction of sp³-hybridized carbons (Fsp3) is 0.333. The van der Waals surface area contributed by atoms with Crippen LogP contribution in [0.25, 0.3) is 0 Å². The Morgan fingerprint density at radius 2 is 2.23 bits per heavy atom. The van der Waals surface area contributed by atoms with Crippen molar-refractivity contribution >= 4 is 15.9 Å². The number of halogens is 1. The Morgan fingerprint density at radius 3 is 2.77 bits per heavy atom. The molecule has 0 heterocycles. The van der Waals surface area contributed by atoms with Crippen LogP contribution in [-0.4, -0.2) is 13.7 Å². The molecular formula is C9H13BrN2O. The van der Waals surface area contributed by atoms with Crippen molar-refractivity contribution < 1.29 is 4.74 Å². The van der Waals surface area contributed by atoms with Crippen LogP contribution in [-0.2, 0) is 0 Å². The van der Waals surface area contributed by atoms with Crippen molar-refractivity contribution in [2.45, 2.75) is 6.04 Å². The fourth-order valence-corrected chi connectivity index (χ4v) is 1.46. The molecule has 0 spiro atoms. The van der Waals surface area contributed by atoms with Gasteiger partial charge in [-0.1, -0.05) is 22.0 Å². The van der Waals surface area contributed by atoms with Crippen molar-refractivity contribution in [3.05, 3.63) is 28.2 Å². The van der Waals surface area contributed by atoms with Crippen LogP contribution in [0.5, 0.6) is 5.75 Å². The number of hydrogen-bond donors (Lipinski definition) is 2. The number of nitrogens with two attached hydrogens (primary N) is 2. The predicted octanol–water partition coefficient (Wildman–Crippen LogP) is 1.42. The van der Waals surface area contributed by atoms with Crippen LogP contribution in [0.2, 0.25) is 0 Å². The van der Waals surface area contributed by atoms with Gasteiger partial charge in [-0.25, -0.2) is 0 Å². The third-order valence-corrected chi connectivity index (χ3v) is 2.34. The van der Waals surface area contributed by atoms with E-state index in [2.05, 4.69) is 15.9 Å². The molecule has 0 saturated heterocycles. The molecule has 0 radical (unpaired) electrons. The second-order valence-electron chi connectivity index (χ2n) is 2.73. The first-order valence-corrected chi connectivity index (χ1v) is 4.77. The molecule has 72 valence electrons. The lowest BCUT2D eigenvalue weighted by Crippen LogP contribution is -2.21. The van der Waals surface area contributed by atoms with E-state index >= 15 is 0 Å². The number of hydrogen-bond acceptors (Lipinski definition) is 3. The van der Waals surface area contributed by atoms with Crippen LogP contribution in [0, 0.1) is 0 Å². The maximum atomic E-state index is 5.80. The Labute approximate surface area is 86.2 Å². The zero-order valence-corrected chi connectivity index (χ0v) is 9.04. The maximum Gasteiger partial charge on any atom is 0.124 e. The van der Waals surface area contributed by atoms with E-state index in [1.807, 2.05) is 18.2 Å². The van der Waals surface area contributed by atoms with Crippen molar-refractivity contribution in [2.24, 2.45) is 11.5 Å². The van der Waals surface area contributed by atoms with Crippen LogP contribution in [0.15, 0.2) is 22.7 Å². The molecule has 0 aliphatic carbocycles. The van der Waals surface area contributed by atoms with Gasteiger partial charge < -0.3 is 16.2 Å². The van der Waals surface area contributed by atoms with Gasteiger partial charge in [0.2, 0.25) is 0 Å². The molecule has 3 nitrogen and oxygen atoms in total. The quantitative estimate of drug-likeness (QED) is 0.846. The molecule has 0 aliphatic heterocycles. The zero-order valence-electron chi connectivity index (χ0n) is 7.46. The lowest BCUT2D eigenvalue weighted by atomic mass is 10.1. The van der Waals surface area contributed by atoms with E-state index in [1.165, 1.54) is 0 Å². The second kappa shape index (κ2) is 4.60. The summed E-state index contributed by atoms with van der Waals surface area (Å²) in [7, 11) is 1.62. The Bertz CT molecular complexity index is 291. The molecule has 1 aromatic carbocycles. The largest absolute Gasteiger partial charge is 0.496 e. The van der Waals surface area contributed by atoms with E-state index in [0.717, 1.165) is 15.8 Å². The Morgan fingerprint density at radius 1 is 1.54 bits per heavy atom. The molecule has 1 atom stereocenters. The number of ether oxygens (including phenoxy) is 1. The molecule has 13 heavy (non-hydrogen) atoms. The van der Waals surface area contributed by atoms with Crippen LogP contribution >= 0.6 is 15.9 Å². The smallest absolute Gasteiger partial charge is 0.124 e. The summed E-state index contributed by atoms with van der Waals surface area (Å²) in [5.41, 5.74) is 12.2. The predicted molar refractivity (Wildman–Crippen MR) is 56.7 cm³/mol. The highest BCUT2D eigenvalue weighted by Gasteiger charge is 2.09. The van der Waals surface area contributed by atoms with Crippen molar-refractivity contribution in [3.8, 4) is 5.75 Å². The molecule has 0 unspecified atom stereocenters. The van der Waals surface area contributed by atoms with Gasteiger partial charge in [-0.2, -0.15) is 0 Å². The van der Waals surface area contributed by atoms with Crippen molar-refractivity contribution in [2.75, 3.05) is 13.7 Å². The third kappa shape index (κ3) is 2.43. The molecule has 0 amide bonds. The third-order valence-electron chi connectivity index (χ3n) is 1.85. The van der Waals surface area contributed by atoms with E-state index < -0.39 is 0 Å². The van der Waals surface area contributed by atoms with Crippen molar-refractivity contribution in [1.82, 2.24) is 0 Å². The van der Waals surface area contributed by atoms with Crippen molar-refractivity contribution in [1.29, 1.82) is 0 Å². The summed E-state index contributed by atoms with van der Waals surface area (Å²) in [6, 6.07) is 5.56. The van der Waals surface area contributed by atoms with E-state index in [9.17, 15) is 0 Å². The van der Waals surface area contributed by atoms with Gasteiger partial charge in [0, 0.05) is 22.6 Å². The van der Waals surface area contributed by atoms with Crippen LogP contribution in [0.1, 0.15) is 11.6 Å². The molecule has 4 heteroatoms. The fourth-order valence-electron chi connectivity index (χ4n) is 1.12. The summed E-state index contributed by atoms with van der Waals surface area (Å²) in [6.45, 7) is 0.415. The zero-order chi connectivity index (χ0) is 9.84. The maximum absolute atomic E-state index is 5.80. The SMILES string of the molecule is COc1cc(Br)ccc1[C@@H](N)CN. The first-order chi connectivity index (χ1) is 6.19. The summed E-state index contributed by atoms with van der Waals surface area (Å²) in [6.07, 6.45) is 0. The van der Waals surface area contributed by atoms with Gasteiger partial charge in [-0.05, 0) is 12.1 Å². The summed E-state index contributed by atoms with van der Waals surface area (Å²) >= 11 is 3.36. The Balaban J connectivity index is 3.05. The second-order valence-corrected chi connectivity index (χ2v) is 3.64. The number of rotatable bonds is 3. The molecule has 0 fully saturated rings. The summed E-state index contributed by atoms with van der Waals surface area (Å²) in [4.78, 5) is 0. The summed E-state index contributed by atoms with van der Waals surface area (Å²) in [5.74, 6) is 0.771. The first-order valence-electron chi connectivity index (χ1n) is 3.98. The van der Waals surface area contributed by atoms with Crippen LogP contribution in [0.4, 0.5) is 0 Å². The lowest BCUT2D eigenvalue weighted by Gasteiger charge is -2.13. The van der Waals surface area contributed by atoms with Crippen molar-refractivity contribution in [3.63, 3.8) is 0 Å². The minimum absolute atomic E-state index is 0.164. The molecule has 1 rings (SSSR count). The topological polar surface area (TPSA) is 61.3 Å². The van der Waals surface area contributed by atoms with Crippen LogP contribution in [0.3, 0.4) is 0 Å². The summed E-state index contributed by atoms with van der Waals surface area (Å²) < 4.78 is 6.15. The van der Waals surface area contributed by atoms with E-state index in [0.29, 0.717) is 6.54 Å². The Kier molecular flexibility index (Phi) is 3.71. The minimum atomic E-state index is -0.164. The standard InChI is InChI=1S/C9H13BrN2O/c1-13-9-4-6(10)2-3-7(9)8(12)5-11/h2-4,8H,5,11-12H2,1H3/t8-/m0/s1. The normalized spacial score (nSPS) is 12.6. The molecule has 0 aliphatic rings. The highest BCUT2D eigenvalue weighted by Crippen LogP contribution is 2.26. The first kappa shape index (κ1) is 10.5. The van der Waals surface area contributed by atoms with Gasteiger partial charge in [0.1, 0.15) is 5.75 Å². The summed E-state index contributed by atoms with van der Waals surface area (Å²) in [5, 5.41) is 0. The highest BCUT2D eigenvalue weighted by atomic mass is 79.9. The van der Waals surface area contributed by atoms with E-state index in [-0.39, 0.29) is 6.04 Å². The van der Waals surface area contributed by atoms with Gasteiger partial charge >= 0.3 is 0 Å².